The number of rotatable bonds is 6. The summed E-state index contributed by atoms with van der Waals surface area (Å²) in [6, 6.07) is 7.24. The lowest BCUT2D eigenvalue weighted by molar-refractivity contribution is 0.153. The largest absolute Gasteiger partial charge is 0.371 e. The number of benzene rings is 1. The van der Waals surface area contributed by atoms with Gasteiger partial charge in [0, 0.05) is 45.0 Å². The van der Waals surface area contributed by atoms with Crippen LogP contribution in [0.25, 0.3) is 0 Å². The second kappa shape index (κ2) is 8.16. The Morgan fingerprint density at radius 1 is 1.00 bits per heavy atom. The maximum Gasteiger partial charge on any atom is 0.0398 e. The molecule has 0 radical (unpaired) electrons. The van der Waals surface area contributed by atoms with Crippen LogP contribution in [0.2, 0.25) is 0 Å². The lowest BCUT2D eigenvalue weighted by atomic mass is 9.97. The van der Waals surface area contributed by atoms with E-state index in [0.29, 0.717) is 0 Å². The van der Waals surface area contributed by atoms with Gasteiger partial charge in [-0.2, -0.15) is 0 Å². The number of anilines is 1. The summed E-state index contributed by atoms with van der Waals surface area (Å²) in [5.41, 5.74) is 4.62. The molecule has 0 aromatic heterocycles. The molecule has 0 amide bonds. The summed E-state index contributed by atoms with van der Waals surface area (Å²) in [5, 5.41) is 0. The summed E-state index contributed by atoms with van der Waals surface area (Å²) in [7, 11) is 2.23. The highest BCUT2D eigenvalue weighted by Gasteiger charge is 2.16. The molecule has 2 aliphatic heterocycles. The molecule has 3 heteroatoms. The smallest absolute Gasteiger partial charge is 0.0398 e. The van der Waals surface area contributed by atoms with Crippen molar-refractivity contribution in [3.63, 3.8) is 0 Å². The summed E-state index contributed by atoms with van der Waals surface area (Å²) in [5.74, 6) is 0. The molecule has 0 unspecified atom stereocenters. The Bertz CT molecular complexity index is 492. The molecule has 1 fully saturated rings. The van der Waals surface area contributed by atoms with Gasteiger partial charge in [-0.1, -0.05) is 19.1 Å². The number of hydrogen-bond donors (Lipinski definition) is 0. The molecule has 23 heavy (non-hydrogen) atoms. The van der Waals surface area contributed by atoms with Crippen LogP contribution in [0.3, 0.4) is 0 Å². The zero-order valence-corrected chi connectivity index (χ0v) is 15.1. The van der Waals surface area contributed by atoms with Crippen molar-refractivity contribution in [1.29, 1.82) is 0 Å². The molecule has 1 saturated heterocycles. The van der Waals surface area contributed by atoms with Crippen LogP contribution in [0.15, 0.2) is 18.2 Å². The number of hydrogen-bond acceptors (Lipinski definition) is 3. The Kier molecular flexibility index (Phi) is 5.96. The molecule has 3 nitrogen and oxygen atoms in total. The second-order valence-corrected chi connectivity index (χ2v) is 7.30. The average Bonchev–Trinajstić information content (AvgIpc) is 2.57. The maximum atomic E-state index is 2.63. The number of fused-ring (bicyclic) bond motifs is 1. The monoisotopic (exact) mass is 315 g/mol. The van der Waals surface area contributed by atoms with Crippen molar-refractivity contribution in [2.75, 3.05) is 57.8 Å². The highest BCUT2D eigenvalue weighted by molar-refractivity contribution is 5.56. The van der Waals surface area contributed by atoms with Gasteiger partial charge in [-0.05, 0) is 62.9 Å². The van der Waals surface area contributed by atoms with Crippen LogP contribution >= 0.6 is 0 Å². The van der Waals surface area contributed by atoms with Crippen LogP contribution < -0.4 is 4.90 Å². The van der Waals surface area contributed by atoms with Gasteiger partial charge >= 0.3 is 0 Å². The summed E-state index contributed by atoms with van der Waals surface area (Å²) in [6.07, 6.45) is 6.35. The minimum absolute atomic E-state index is 1.20. The van der Waals surface area contributed by atoms with Crippen LogP contribution in [0.1, 0.15) is 37.3 Å². The van der Waals surface area contributed by atoms with Gasteiger partial charge in [0.15, 0.2) is 0 Å². The van der Waals surface area contributed by atoms with Gasteiger partial charge in [-0.3, -0.25) is 0 Å². The fraction of sp³-hybridized carbons (Fsp3) is 0.700. The summed E-state index contributed by atoms with van der Waals surface area (Å²) >= 11 is 0. The van der Waals surface area contributed by atoms with E-state index in [-0.39, 0.29) is 0 Å². The average molecular weight is 316 g/mol. The van der Waals surface area contributed by atoms with Gasteiger partial charge in [0.2, 0.25) is 0 Å². The Morgan fingerprint density at radius 2 is 1.83 bits per heavy atom. The number of piperazine rings is 1. The quantitative estimate of drug-likeness (QED) is 0.799. The summed E-state index contributed by atoms with van der Waals surface area (Å²) in [4.78, 5) is 7.64. The highest BCUT2D eigenvalue weighted by atomic mass is 15.2. The van der Waals surface area contributed by atoms with Crippen LogP contribution in [0.5, 0.6) is 0 Å². The third kappa shape index (κ3) is 4.48. The first-order valence-electron chi connectivity index (χ1n) is 9.54. The molecule has 0 N–H and O–H groups in total. The van der Waals surface area contributed by atoms with E-state index < -0.39 is 0 Å². The normalized spacial score (nSPS) is 19.8. The molecule has 2 heterocycles. The van der Waals surface area contributed by atoms with Gasteiger partial charge in [-0.25, -0.2) is 0 Å². The van der Waals surface area contributed by atoms with E-state index in [1.807, 2.05) is 0 Å². The zero-order valence-electron chi connectivity index (χ0n) is 15.1. The van der Waals surface area contributed by atoms with Crippen LogP contribution in [-0.4, -0.2) is 62.7 Å². The molecule has 0 saturated carbocycles. The molecule has 128 valence electrons. The molecular formula is C20H33N3. The van der Waals surface area contributed by atoms with E-state index in [1.165, 1.54) is 89.2 Å². The lowest BCUT2D eigenvalue weighted by Crippen LogP contribution is -2.44. The first-order valence-corrected chi connectivity index (χ1v) is 9.54. The van der Waals surface area contributed by atoms with Crippen LogP contribution in [0, 0.1) is 0 Å². The molecular weight excluding hydrogens is 282 g/mol. The second-order valence-electron chi connectivity index (χ2n) is 7.30. The topological polar surface area (TPSA) is 9.72 Å². The molecule has 3 rings (SSSR count). The molecule has 0 bridgehead atoms. The molecule has 2 aliphatic rings. The number of nitrogens with zero attached hydrogens (tertiary/aromatic N) is 3. The van der Waals surface area contributed by atoms with E-state index >= 15 is 0 Å². The third-order valence-electron chi connectivity index (χ3n) is 5.39. The minimum atomic E-state index is 1.20. The Hall–Kier alpha value is -1.06. The SMILES string of the molecule is CCCN1CCCc2cc(CCCN3CCN(C)CC3)ccc21. The molecule has 0 aliphatic carbocycles. The van der Waals surface area contributed by atoms with Crippen molar-refractivity contribution in [2.24, 2.45) is 0 Å². The highest BCUT2D eigenvalue weighted by Crippen LogP contribution is 2.28. The molecule has 0 spiro atoms. The maximum absolute atomic E-state index is 2.63. The van der Waals surface area contributed by atoms with Crippen molar-refractivity contribution >= 4 is 5.69 Å². The Labute approximate surface area is 142 Å². The van der Waals surface area contributed by atoms with Gasteiger partial charge in [0.05, 0.1) is 0 Å². The van der Waals surface area contributed by atoms with Crippen molar-refractivity contribution in [3.8, 4) is 0 Å². The molecule has 1 aromatic rings. The van der Waals surface area contributed by atoms with E-state index in [2.05, 4.69) is 46.9 Å². The van der Waals surface area contributed by atoms with Crippen molar-refractivity contribution < 1.29 is 0 Å². The lowest BCUT2D eigenvalue weighted by Gasteiger charge is -2.32. The van der Waals surface area contributed by atoms with Gasteiger partial charge < -0.3 is 14.7 Å². The Balaban J connectivity index is 1.51. The summed E-state index contributed by atoms with van der Waals surface area (Å²) < 4.78 is 0. The molecule has 0 atom stereocenters. The van der Waals surface area contributed by atoms with Crippen LogP contribution in [-0.2, 0) is 12.8 Å². The predicted octanol–water partition coefficient (Wildman–Crippen LogP) is 3.03. The van der Waals surface area contributed by atoms with Crippen molar-refractivity contribution in [2.45, 2.75) is 39.0 Å². The minimum Gasteiger partial charge on any atom is -0.371 e. The van der Waals surface area contributed by atoms with E-state index in [4.69, 9.17) is 0 Å². The van der Waals surface area contributed by atoms with Gasteiger partial charge in [-0.15, -0.1) is 0 Å². The molecule has 1 aromatic carbocycles. The van der Waals surface area contributed by atoms with Gasteiger partial charge in [0.25, 0.3) is 0 Å². The van der Waals surface area contributed by atoms with Gasteiger partial charge in [0.1, 0.15) is 0 Å². The number of aryl methyl sites for hydroxylation is 2. The van der Waals surface area contributed by atoms with E-state index in [0.717, 1.165) is 0 Å². The van der Waals surface area contributed by atoms with Crippen LogP contribution in [0.4, 0.5) is 5.69 Å². The third-order valence-corrected chi connectivity index (χ3v) is 5.39. The summed E-state index contributed by atoms with van der Waals surface area (Å²) in [6.45, 7) is 10.9. The standard InChI is InChI=1S/C20H33N3/c1-3-10-23-12-5-7-19-17-18(8-9-20(19)23)6-4-11-22-15-13-21(2)14-16-22/h8-9,17H,3-7,10-16H2,1-2H3. The fourth-order valence-corrected chi connectivity index (χ4v) is 3.96. The van der Waals surface area contributed by atoms with E-state index in [1.54, 1.807) is 5.56 Å². The Morgan fingerprint density at radius 3 is 2.61 bits per heavy atom. The number of likely N-dealkylation sites (N-methyl/N-ethyl adjacent to an activating group) is 1. The fourth-order valence-electron chi connectivity index (χ4n) is 3.96. The zero-order chi connectivity index (χ0) is 16.1. The predicted molar refractivity (Wildman–Crippen MR) is 99.5 cm³/mol. The first kappa shape index (κ1) is 16.8. The van der Waals surface area contributed by atoms with Crippen molar-refractivity contribution in [1.82, 2.24) is 9.80 Å². The van der Waals surface area contributed by atoms with Crippen molar-refractivity contribution in [3.05, 3.63) is 29.3 Å². The first-order chi connectivity index (χ1) is 11.3. The van der Waals surface area contributed by atoms with E-state index in [9.17, 15) is 0 Å².